The van der Waals surface area contributed by atoms with E-state index in [1.807, 2.05) is 12.1 Å². The van der Waals surface area contributed by atoms with Crippen LogP contribution < -0.4 is 16.0 Å². The Bertz CT molecular complexity index is 402. The Labute approximate surface area is 114 Å². The molecule has 0 radical (unpaired) electrons. The van der Waals surface area contributed by atoms with E-state index in [4.69, 9.17) is 10.6 Å². The molecule has 0 atom stereocenters. The van der Waals surface area contributed by atoms with Crippen LogP contribution in [0.1, 0.15) is 25.7 Å². The Balaban J connectivity index is 1.83. The number of amides is 1. The second kappa shape index (κ2) is 6.15. The lowest BCUT2D eigenvalue weighted by Crippen LogP contribution is -2.38. The third kappa shape index (κ3) is 3.43. The Morgan fingerprint density at radius 1 is 1.39 bits per heavy atom. The van der Waals surface area contributed by atoms with Crippen molar-refractivity contribution in [1.82, 2.24) is 10.4 Å². The number of hydrogen-bond donors (Lipinski definition) is 2. The summed E-state index contributed by atoms with van der Waals surface area (Å²) < 4.78 is 6.71. The van der Waals surface area contributed by atoms with Gasteiger partial charge in [0, 0.05) is 22.7 Å². The standard InChI is InChI=1S/C12H16BrN3O2/c13-9-3-6-11(15-7-9)18-10-4-1-8(2-5-10)12(17)16-14/h3,6-8,10H,1-2,4-5,14H2,(H,16,17). The number of ether oxygens (including phenoxy) is 1. The number of hydrazine groups is 1. The highest BCUT2D eigenvalue weighted by molar-refractivity contribution is 9.10. The minimum Gasteiger partial charge on any atom is -0.474 e. The molecule has 1 aromatic rings. The van der Waals surface area contributed by atoms with Crippen molar-refractivity contribution in [2.45, 2.75) is 31.8 Å². The van der Waals surface area contributed by atoms with Crippen LogP contribution in [-0.4, -0.2) is 17.0 Å². The molecule has 0 aliphatic heterocycles. The third-order valence-electron chi connectivity index (χ3n) is 3.17. The number of rotatable bonds is 3. The molecule has 1 aromatic heterocycles. The summed E-state index contributed by atoms with van der Waals surface area (Å²) in [6.07, 6.45) is 5.18. The van der Waals surface area contributed by atoms with Crippen LogP contribution in [0.3, 0.4) is 0 Å². The molecule has 18 heavy (non-hydrogen) atoms. The Morgan fingerprint density at radius 2 is 2.11 bits per heavy atom. The van der Waals surface area contributed by atoms with Crippen molar-refractivity contribution in [1.29, 1.82) is 0 Å². The first-order chi connectivity index (χ1) is 8.69. The molecule has 1 heterocycles. The van der Waals surface area contributed by atoms with E-state index in [-0.39, 0.29) is 17.9 Å². The Hall–Kier alpha value is -1.14. The third-order valence-corrected chi connectivity index (χ3v) is 3.64. The first-order valence-electron chi connectivity index (χ1n) is 5.97. The monoisotopic (exact) mass is 313 g/mol. The number of nitrogens with zero attached hydrogens (tertiary/aromatic N) is 1. The van der Waals surface area contributed by atoms with Gasteiger partial charge in [-0.05, 0) is 47.7 Å². The first kappa shape index (κ1) is 13.3. The van der Waals surface area contributed by atoms with Crippen molar-refractivity contribution >= 4 is 21.8 Å². The highest BCUT2D eigenvalue weighted by atomic mass is 79.9. The summed E-state index contributed by atoms with van der Waals surface area (Å²) in [5.41, 5.74) is 2.21. The largest absolute Gasteiger partial charge is 0.474 e. The van der Waals surface area contributed by atoms with Crippen molar-refractivity contribution in [3.63, 3.8) is 0 Å². The molecule has 0 unspecified atom stereocenters. The molecule has 1 saturated carbocycles. The maximum Gasteiger partial charge on any atom is 0.236 e. The molecule has 6 heteroatoms. The molecule has 0 aromatic carbocycles. The number of nitrogens with one attached hydrogen (secondary N) is 1. The number of carbonyl (C=O) groups excluding carboxylic acids is 1. The molecule has 5 nitrogen and oxygen atoms in total. The predicted molar refractivity (Wildman–Crippen MR) is 70.6 cm³/mol. The molecule has 1 aliphatic rings. The molecular weight excluding hydrogens is 298 g/mol. The van der Waals surface area contributed by atoms with Gasteiger partial charge in [-0.1, -0.05) is 0 Å². The van der Waals surface area contributed by atoms with E-state index in [2.05, 4.69) is 26.3 Å². The summed E-state index contributed by atoms with van der Waals surface area (Å²) in [5, 5.41) is 0. The molecule has 2 rings (SSSR count). The molecule has 1 amide bonds. The van der Waals surface area contributed by atoms with Crippen molar-refractivity contribution in [2.75, 3.05) is 0 Å². The van der Waals surface area contributed by atoms with Crippen LogP contribution in [0.15, 0.2) is 22.8 Å². The molecule has 1 aliphatic carbocycles. The van der Waals surface area contributed by atoms with Crippen LogP contribution in [0, 0.1) is 5.92 Å². The van der Waals surface area contributed by atoms with Crippen LogP contribution in [0.4, 0.5) is 0 Å². The summed E-state index contributed by atoms with van der Waals surface area (Å²) in [7, 11) is 0. The van der Waals surface area contributed by atoms with Gasteiger partial charge >= 0.3 is 0 Å². The Kier molecular flexibility index (Phi) is 4.54. The maximum absolute atomic E-state index is 11.4. The summed E-state index contributed by atoms with van der Waals surface area (Å²) >= 11 is 3.33. The zero-order valence-corrected chi connectivity index (χ0v) is 11.5. The second-order valence-corrected chi connectivity index (χ2v) is 5.33. The number of aromatic nitrogens is 1. The summed E-state index contributed by atoms with van der Waals surface area (Å²) in [4.78, 5) is 15.5. The van der Waals surface area contributed by atoms with E-state index in [9.17, 15) is 4.79 Å². The highest BCUT2D eigenvalue weighted by Crippen LogP contribution is 2.27. The zero-order chi connectivity index (χ0) is 13.0. The minimum absolute atomic E-state index is 0.0210. The summed E-state index contributed by atoms with van der Waals surface area (Å²) in [6.45, 7) is 0. The number of carbonyl (C=O) groups is 1. The number of pyridine rings is 1. The normalized spacial score (nSPS) is 23.4. The van der Waals surface area contributed by atoms with E-state index in [0.29, 0.717) is 5.88 Å². The molecule has 98 valence electrons. The van der Waals surface area contributed by atoms with Gasteiger partial charge in [0.1, 0.15) is 6.10 Å². The molecule has 0 bridgehead atoms. The fourth-order valence-electron chi connectivity index (χ4n) is 2.16. The second-order valence-electron chi connectivity index (χ2n) is 4.41. The van der Waals surface area contributed by atoms with Gasteiger partial charge in [0.15, 0.2) is 0 Å². The van der Waals surface area contributed by atoms with E-state index < -0.39 is 0 Å². The van der Waals surface area contributed by atoms with Gasteiger partial charge < -0.3 is 4.74 Å². The van der Waals surface area contributed by atoms with Gasteiger partial charge in [-0.25, -0.2) is 10.8 Å². The van der Waals surface area contributed by atoms with Crippen molar-refractivity contribution < 1.29 is 9.53 Å². The number of hydrogen-bond acceptors (Lipinski definition) is 4. The average molecular weight is 314 g/mol. The summed E-state index contributed by atoms with van der Waals surface area (Å²) in [5.74, 6) is 5.71. The predicted octanol–water partition coefficient (Wildman–Crippen LogP) is 1.77. The van der Waals surface area contributed by atoms with Crippen LogP contribution >= 0.6 is 15.9 Å². The smallest absolute Gasteiger partial charge is 0.236 e. The van der Waals surface area contributed by atoms with Crippen LogP contribution in [0.25, 0.3) is 0 Å². The first-order valence-corrected chi connectivity index (χ1v) is 6.77. The van der Waals surface area contributed by atoms with Crippen molar-refractivity contribution in [2.24, 2.45) is 11.8 Å². The average Bonchev–Trinajstić information content (AvgIpc) is 2.41. The zero-order valence-electron chi connectivity index (χ0n) is 9.93. The van der Waals surface area contributed by atoms with Gasteiger partial charge in [-0.2, -0.15) is 0 Å². The topological polar surface area (TPSA) is 77.2 Å². The Morgan fingerprint density at radius 3 is 2.67 bits per heavy atom. The van der Waals surface area contributed by atoms with Crippen LogP contribution in [0.2, 0.25) is 0 Å². The van der Waals surface area contributed by atoms with E-state index in [0.717, 1.165) is 30.2 Å². The number of nitrogens with two attached hydrogens (primary N) is 1. The molecule has 0 saturated heterocycles. The molecule has 0 spiro atoms. The molecular formula is C12H16BrN3O2. The molecule has 3 N–H and O–H groups in total. The van der Waals surface area contributed by atoms with Gasteiger partial charge in [0.05, 0.1) is 0 Å². The summed E-state index contributed by atoms with van der Waals surface area (Å²) in [6, 6.07) is 3.73. The van der Waals surface area contributed by atoms with Crippen LogP contribution in [0.5, 0.6) is 5.88 Å². The van der Waals surface area contributed by atoms with Crippen molar-refractivity contribution in [3.8, 4) is 5.88 Å². The number of halogens is 1. The quantitative estimate of drug-likeness (QED) is 0.506. The van der Waals surface area contributed by atoms with Gasteiger partial charge in [-0.3, -0.25) is 10.2 Å². The fourth-order valence-corrected chi connectivity index (χ4v) is 2.40. The highest BCUT2D eigenvalue weighted by Gasteiger charge is 2.26. The van der Waals surface area contributed by atoms with Crippen LogP contribution in [-0.2, 0) is 4.79 Å². The van der Waals surface area contributed by atoms with E-state index in [1.165, 1.54) is 0 Å². The van der Waals surface area contributed by atoms with Gasteiger partial charge in [-0.15, -0.1) is 0 Å². The lowest BCUT2D eigenvalue weighted by Gasteiger charge is -2.27. The van der Waals surface area contributed by atoms with Crippen molar-refractivity contribution in [3.05, 3.63) is 22.8 Å². The van der Waals surface area contributed by atoms with E-state index in [1.54, 1.807) is 6.20 Å². The lowest BCUT2D eigenvalue weighted by molar-refractivity contribution is -0.126. The van der Waals surface area contributed by atoms with Gasteiger partial charge in [0.25, 0.3) is 0 Å². The van der Waals surface area contributed by atoms with Gasteiger partial charge in [0.2, 0.25) is 11.8 Å². The minimum atomic E-state index is -0.0739. The maximum atomic E-state index is 11.4. The fraction of sp³-hybridized carbons (Fsp3) is 0.500. The lowest BCUT2D eigenvalue weighted by atomic mass is 9.87. The SMILES string of the molecule is NNC(=O)C1CCC(Oc2ccc(Br)cn2)CC1. The molecule has 1 fully saturated rings. The van der Waals surface area contributed by atoms with E-state index >= 15 is 0 Å².